The lowest BCUT2D eigenvalue weighted by Gasteiger charge is -2.27. The number of carbonyl (C=O) groups excluding carboxylic acids is 1. The molecule has 0 aliphatic carbocycles. The van der Waals surface area contributed by atoms with E-state index >= 15 is 0 Å². The number of aromatic nitrogens is 1. The first-order valence-corrected chi connectivity index (χ1v) is 13.0. The highest BCUT2D eigenvalue weighted by Gasteiger charge is 2.42. The lowest BCUT2D eigenvalue weighted by Crippen LogP contribution is -2.29. The van der Waals surface area contributed by atoms with Crippen LogP contribution in [0.4, 0.5) is 11.4 Å². The van der Waals surface area contributed by atoms with Gasteiger partial charge in [0.05, 0.1) is 17.3 Å². The molecule has 2 atom stereocenters. The number of carboxylic acids is 1. The molecule has 1 aliphatic rings. The number of pyridine rings is 1. The fraction of sp³-hybridized carbons (Fsp3) is 0.200. The summed E-state index contributed by atoms with van der Waals surface area (Å²) >= 11 is 5.81. The number of furan rings is 1. The molecule has 0 bridgehead atoms. The molecule has 9 heteroatoms. The van der Waals surface area contributed by atoms with Crippen LogP contribution in [-0.4, -0.2) is 27.1 Å². The average molecular weight is 541 g/mol. The second-order valence-corrected chi connectivity index (χ2v) is 10.1. The molecule has 0 saturated carbocycles. The number of benzene rings is 2. The van der Waals surface area contributed by atoms with Crippen molar-refractivity contribution in [1.82, 2.24) is 10.3 Å². The summed E-state index contributed by atoms with van der Waals surface area (Å²) in [6.45, 7) is 5.63. The number of hydrogen-bond acceptors (Lipinski definition) is 5. The largest absolute Gasteiger partial charge is 0.478 e. The van der Waals surface area contributed by atoms with Crippen molar-refractivity contribution in [1.29, 1.82) is 0 Å². The third kappa shape index (κ3) is 5.13. The molecule has 5 rings (SSSR count). The Bertz CT molecular complexity index is 1550. The Morgan fingerprint density at radius 3 is 2.54 bits per heavy atom. The van der Waals surface area contributed by atoms with E-state index in [-0.39, 0.29) is 23.4 Å². The van der Waals surface area contributed by atoms with Crippen LogP contribution in [0, 0.1) is 12.8 Å². The Hall–Kier alpha value is -4.50. The fourth-order valence-electron chi connectivity index (χ4n) is 4.68. The second kappa shape index (κ2) is 10.7. The molecule has 2 aromatic carbocycles. The molecule has 1 aliphatic heterocycles. The molecular weight excluding hydrogens is 512 g/mol. The zero-order valence-electron chi connectivity index (χ0n) is 21.7. The van der Waals surface area contributed by atoms with E-state index in [1.807, 2.05) is 68.1 Å². The Kier molecular flexibility index (Phi) is 7.17. The number of anilines is 2. The Morgan fingerprint density at radius 1 is 1.08 bits per heavy atom. The maximum Gasteiger partial charge on any atom is 0.336 e. The molecule has 0 unspecified atom stereocenters. The minimum Gasteiger partial charge on any atom is -0.478 e. The first-order valence-electron chi connectivity index (χ1n) is 12.6. The van der Waals surface area contributed by atoms with Gasteiger partial charge in [0.25, 0.3) is 0 Å². The standard InChI is InChI=1S/C30H28N4O4S/c1-17(2)28(35)32-22-12-11-19(16-18(22)3)34-27(26(33-30(34)39)23-10-6-7-15-31-23)25-14-13-24(38-25)20-8-4-5-9-21(20)29(36)37/h4-17,26-27H,1-3H3,(H,32,35)(H,33,39)(H,36,37)/t26-,27+/m1/s1. The van der Waals surface area contributed by atoms with Crippen LogP contribution in [0.2, 0.25) is 0 Å². The van der Waals surface area contributed by atoms with Crippen molar-refractivity contribution in [2.24, 2.45) is 5.92 Å². The van der Waals surface area contributed by atoms with Crippen LogP contribution in [0.25, 0.3) is 11.3 Å². The molecule has 0 radical (unpaired) electrons. The minimum atomic E-state index is -1.03. The summed E-state index contributed by atoms with van der Waals surface area (Å²) in [7, 11) is 0. The average Bonchev–Trinajstić information content (AvgIpc) is 3.54. The zero-order chi connectivity index (χ0) is 27.7. The highest BCUT2D eigenvalue weighted by molar-refractivity contribution is 7.80. The van der Waals surface area contributed by atoms with Crippen molar-refractivity contribution in [3.05, 3.63) is 102 Å². The van der Waals surface area contributed by atoms with Gasteiger partial charge < -0.3 is 25.1 Å². The van der Waals surface area contributed by atoms with Crippen LogP contribution in [0.15, 0.2) is 83.4 Å². The SMILES string of the molecule is Cc1cc(N2C(=S)N[C@H](c3ccccn3)[C@@H]2c2ccc(-c3ccccc3C(=O)O)o2)ccc1NC(=O)C(C)C. The number of rotatable bonds is 7. The van der Waals surface area contributed by atoms with E-state index in [9.17, 15) is 14.7 Å². The van der Waals surface area contributed by atoms with Crippen molar-refractivity contribution < 1.29 is 19.1 Å². The van der Waals surface area contributed by atoms with E-state index < -0.39 is 12.0 Å². The van der Waals surface area contributed by atoms with Crippen LogP contribution in [0.3, 0.4) is 0 Å². The summed E-state index contributed by atoms with van der Waals surface area (Å²) in [6, 6.07) is 21.1. The van der Waals surface area contributed by atoms with E-state index in [2.05, 4.69) is 15.6 Å². The van der Waals surface area contributed by atoms with Crippen molar-refractivity contribution in [2.75, 3.05) is 10.2 Å². The van der Waals surface area contributed by atoms with Crippen molar-refractivity contribution in [3.63, 3.8) is 0 Å². The van der Waals surface area contributed by atoms with Gasteiger partial charge in [0.2, 0.25) is 5.91 Å². The molecule has 1 amide bonds. The van der Waals surface area contributed by atoms with Gasteiger partial charge >= 0.3 is 5.97 Å². The van der Waals surface area contributed by atoms with Crippen molar-refractivity contribution in [3.8, 4) is 11.3 Å². The molecule has 4 aromatic rings. The Balaban J connectivity index is 1.57. The van der Waals surface area contributed by atoms with Gasteiger partial charge in [-0.25, -0.2) is 4.79 Å². The number of nitrogens with one attached hydrogen (secondary N) is 2. The lowest BCUT2D eigenvalue weighted by molar-refractivity contribution is -0.118. The monoisotopic (exact) mass is 540 g/mol. The van der Waals surface area contributed by atoms with E-state index in [1.54, 1.807) is 36.5 Å². The van der Waals surface area contributed by atoms with Crippen LogP contribution in [-0.2, 0) is 4.79 Å². The van der Waals surface area contributed by atoms with E-state index in [0.29, 0.717) is 22.2 Å². The molecule has 198 valence electrons. The topological polar surface area (TPSA) is 108 Å². The highest BCUT2D eigenvalue weighted by atomic mass is 32.1. The van der Waals surface area contributed by atoms with Crippen LogP contribution in [0.5, 0.6) is 0 Å². The first kappa shape index (κ1) is 26.1. The number of nitrogens with zero attached hydrogens (tertiary/aromatic N) is 2. The van der Waals surface area contributed by atoms with E-state index in [4.69, 9.17) is 16.6 Å². The number of hydrogen-bond donors (Lipinski definition) is 3. The van der Waals surface area contributed by atoms with Gasteiger partial charge in [-0.15, -0.1) is 0 Å². The highest BCUT2D eigenvalue weighted by Crippen LogP contribution is 2.43. The maximum absolute atomic E-state index is 12.3. The summed E-state index contributed by atoms with van der Waals surface area (Å²) in [6.07, 6.45) is 1.73. The van der Waals surface area contributed by atoms with Crippen LogP contribution < -0.4 is 15.5 Å². The second-order valence-electron chi connectivity index (χ2n) is 9.69. The predicted octanol–water partition coefficient (Wildman–Crippen LogP) is 6.12. The summed E-state index contributed by atoms with van der Waals surface area (Å²) < 4.78 is 6.34. The fourth-order valence-corrected chi connectivity index (χ4v) is 5.02. The normalized spacial score (nSPS) is 16.8. The number of carboxylic acid groups (broad SMARTS) is 1. The van der Waals surface area contributed by atoms with Gasteiger partial charge in [-0.3, -0.25) is 9.78 Å². The quantitative estimate of drug-likeness (QED) is 0.241. The Morgan fingerprint density at radius 2 is 1.85 bits per heavy atom. The van der Waals surface area contributed by atoms with Gasteiger partial charge in [-0.05, 0) is 73.2 Å². The van der Waals surface area contributed by atoms with Gasteiger partial charge in [0.1, 0.15) is 17.6 Å². The summed E-state index contributed by atoms with van der Waals surface area (Å²) in [5.74, 6) is -0.170. The van der Waals surface area contributed by atoms with Crippen LogP contribution in [0.1, 0.15) is 53.3 Å². The number of carbonyl (C=O) groups is 2. The van der Waals surface area contributed by atoms with Gasteiger partial charge in [-0.2, -0.15) is 0 Å². The number of aromatic carboxylic acids is 1. The third-order valence-electron chi connectivity index (χ3n) is 6.71. The van der Waals surface area contributed by atoms with Gasteiger partial charge in [0, 0.05) is 29.1 Å². The molecule has 2 aromatic heterocycles. The number of thiocarbonyl (C=S) groups is 1. The lowest BCUT2D eigenvalue weighted by atomic mass is 10.0. The Labute approximate surface area is 231 Å². The summed E-state index contributed by atoms with van der Waals surface area (Å²) in [5, 5.41) is 16.5. The third-order valence-corrected chi connectivity index (χ3v) is 7.02. The van der Waals surface area contributed by atoms with E-state index in [1.165, 1.54) is 0 Å². The molecule has 8 nitrogen and oxygen atoms in total. The summed E-state index contributed by atoms with van der Waals surface area (Å²) in [4.78, 5) is 30.6. The van der Waals surface area contributed by atoms with Crippen LogP contribution >= 0.6 is 12.2 Å². The van der Waals surface area contributed by atoms with Gasteiger partial charge in [-0.1, -0.05) is 38.1 Å². The van der Waals surface area contributed by atoms with Crippen molar-refractivity contribution in [2.45, 2.75) is 32.9 Å². The molecular formula is C30H28N4O4S. The number of aryl methyl sites for hydroxylation is 1. The maximum atomic E-state index is 12.3. The number of amides is 1. The predicted molar refractivity (Wildman–Crippen MR) is 154 cm³/mol. The van der Waals surface area contributed by atoms with E-state index in [0.717, 1.165) is 22.6 Å². The summed E-state index contributed by atoms with van der Waals surface area (Å²) in [5.41, 5.74) is 3.88. The molecule has 39 heavy (non-hydrogen) atoms. The molecule has 3 N–H and O–H groups in total. The van der Waals surface area contributed by atoms with Crippen molar-refractivity contribution >= 4 is 40.6 Å². The minimum absolute atomic E-state index is 0.0536. The molecule has 0 spiro atoms. The zero-order valence-corrected chi connectivity index (χ0v) is 22.5. The smallest absolute Gasteiger partial charge is 0.336 e. The first-order chi connectivity index (χ1) is 18.7. The molecule has 1 saturated heterocycles. The van der Waals surface area contributed by atoms with Gasteiger partial charge in [0.15, 0.2) is 5.11 Å². The molecule has 3 heterocycles. The molecule has 1 fully saturated rings.